The van der Waals surface area contributed by atoms with Crippen LogP contribution in [0.3, 0.4) is 0 Å². The Morgan fingerprint density at radius 2 is 2.00 bits per heavy atom. The Bertz CT molecular complexity index is 441. The zero-order valence-electron chi connectivity index (χ0n) is 9.19. The molecule has 6 heteroatoms. The number of hydrogen-bond acceptors (Lipinski definition) is 2. The molecule has 0 spiro atoms. The van der Waals surface area contributed by atoms with E-state index >= 15 is 0 Å². The van der Waals surface area contributed by atoms with Gasteiger partial charge in [-0.05, 0) is 24.1 Å². The van der Waals surface area contributed by atoms with Crippen LogP contribution in [-0.2, 0) is 17.3 Å². The summed E-state index contributed by atoms with van der Waals surface area (Å²) in [4.78, 5) is 11.4. The van der Waals surface area contributed by atoms with Gasteiger partial charge in [-0.2, -0.15) is 13.2 Å². The quantitative estimate of drug-likeness (QED) is 0.776. The molecule has 1 aromatic rings. The van der Waals surface area contributed by atoms with Crippen LogP contribution >= 0.6 is 15.9 Å². The highest BCUT2D eigenvalue weighted by atomic mass is 79.9. The molecule has 0 aromatic heterocycles. The lowest BCUT2D eigenvalue weighted by atomic mass is 9.98. The van der Waals surface area contributed by atoms with Gasteiger partial charge in [-0.3, -0.25) is 0 Å². The van der Waals surface area contributed by atoms with E-state index in [9.17, 15) is 18.0 Å². The zero-order chi connectivity index (χ0) is 13.2. The predicted molar refractivity (Wildman–Crippen MR) is 59.9 cm³/mol. The molecule has 0 amide bonds. The van der Waals surface area contributed by atoms with Crippen LogP contribution in [0.15, 0.2) is 16.6 Å². The molecule has 0 saturated carbocycles. The Kier molecular flexibility index (Phi) is 4.19. The fourth-order valence-corrected chi connectivity index (χ4v) is 2.02. The number of carbonyl (C=O) groups excluding carboxylic acids is 1. The van der Waals surface area contributed by atoms with E-state index in [0.717, 1.165) is 13.2 Å². The fourth-order valence-electron chi connectivity index (χ4n) is 1.56. The highest BCUT2D eigenvalue weighted by molar-refractivity contribution is 9.10. The lowest BCUT2D eigenvalue weighted by Crippen LogP contribution is -2.14. The summed E-state index contributed by atoms with van der Waals surface area (Å²) < 4.78 is 43.0. The molecule has 0 aliphatic carbocycles. The maximum absolute atomic E-state index is 12.8. The van der Waals surface area contributed by atoms with Gasteiger partial charge in [-0.15, -0.1) is 0 Å². The first-order valence-electron chi connectivity index (χ1n) is 4.79. The van der Waals surface area contributed by atoms with Gasteiger partial charge < -0.3 is 4.74 Å². The second kappa shape index (κ2) is 5.08. The van der Waals surface area contributed by atoms with Gasteiger partial charge in [0.1, 0.15) is 0 Å². The molecule has 0 saturated heterocycles. The molecule has 1 rings (SSSR count). The van der Waals surface area contributed by atoms with Crippen molar-refractivity contribution in [3.63, 3.8) is 0 Å². The first kappa shape index (κ1) is 14.0. The summed E-state index contributed by atoms with van der Waals surface area (Å²) in [6.07, 6.45) is -4.38. The minimum Gasteiger partial charge on any atom is -0.465 e. The Hall–Kier alpha value is -1.04. The summed E-state index contributed by atoms with van der Waals surface area (Å²) in [7, 11) is 1.13. The number of halogens is 4. The van der Waals surface area contributed by atoms with Crippen LogP contribution in [0.4, 0.5) is 13.2 Å². The predicted octanol–water partition coefficient (Wildman–Crippen LogP) is 3.82. The maximum Gasteiger partial charge on any atom is 0.416 e. The Morgan fingerprint density at radius 1 is 1.41 bits per heavy atom. The van der Waals surface area contributed by atoms with Gasteiger partial charge in [0.2, 0.25) is 0 Å². The second-order valence-electron chi connectivity index (χ2n) is 3.32. The minimum absolute atomic E-state index is 0.0486. The van der Waals surface area contributed by atoms with E-state index < -0.39 is 17.7 Å². The highest BCUT2D eigenvalue weighted by Gasteiger charge is 2.35. The molecule has 0 aliphatic heterocycles. The van der Waals surface area contributed by atoms with E-state index in [4.69, 9.17) is 0 Å². The Balaban J connectivity index is 3.52. The van der Waals surface area contributed by atoms with E-state index in [1.807, 2.05) is 0 Å². The summed E-state index contributed by atoms with van der Waals surface area (Å²) in [6, 6.07) is 2.30. The summed E-state index contributed by atoms with van der Waals surface area (Å²) in [5.41, 5.74) is -0.918. The first-order chi connectivity index (χ1) is 7.81. The highest BCUT2D eigenvalue weighted by Crippen LogP contribution is 2.36. The lowest BCUT2D eigenvalue weighted by molar-refractivity contribution is -0.138. The fraction of sp³-hybridized carbons (Fsp3) is 0.364. The standard InChI is InChI=1S/C11H10BrF3O2/c1-3-7-8(10(16)17-2)4-6(12)5-9(7)11(13,14)15/h4-5H,3H2,1-2H3. The van der Waals surface area contributed by atoms with Gasteiger partial charge >= 0.3 is 12.1 Å². The molecule has 17 heavy (non-hydrogen) atoms. The molecule has 0 atom stereocenters. The van der Waals surface area contributed by atoms with Crippen molar-refractivity contribution in [1.82, 2.24) is 0 Å². The third-order valence-corrected chi connectivity index (χ3v) is 2.74. The van der Waals surface area contributed by atoms with Gasteiger partial charge in [-0.25, -0.2) is 4.79 Å². The van der Waals surface area contributed by atoms with Crippen LogP contribution in [0.1, 0.15) is 28.4 Å². The summed E-state index contributed by atoms with van der Waals surface area (Å²) in [6.45, 7) is 1.56. The van der Waals surface area contributed by atoms with Crippen molar-refractivity contribution in [3.8, 4) is 0 Å². The van der Waals surface area contributed by atoms with Crippen LogP contribution in [0.5, 0.6) is 0 Å². The zero-order valence-corrected chi connectivity index (χ0v) is 10.8. The van der Waals surface area contributed by atoms with E-state index in [1.54, 1.807) is 6.92 Å². The molecular formula is C11H10BrF3O2. The smallest absolute Gasteiger partial charge is 0.416 e. The number of ether oxygens (including phenoxy) is 1. The van der Waals surface area contributed by atoms with Crippen molar-refractivity contribution in [2.24, 2.45) is 0 Å². The number of rotatable bonds is 2. The van der Waals surface area contributed by atoms with E-state index in [1.165, 1.54) is 6.07 Å². The van der Waals surface area contributed by atoms with E-state index in [2.05, 4.69) is 20.7 Å². The number of hydrogen-bond donors (Lipinski definition) is 0. The average Bonchev–Trinajstić information content (AvgIpc) is 2.25. The summed E-state index contributed by atoms with van der Waals surface area (Å²) in [5, 5.41) is 0. The van der Waals surface area contributed by atoms with Crippen LogP contribution in [0.2, 0.25) is 0 Å². The molecule has 0 heterocycles. The van der Waals surface area contributed by atoms with Crippen molar-refractivity contribution in [2.45, 2.75) is 19.5 Å². The van der Waals surface area contributed by atoms with Gasteiger partial charge in [0.15, 0.2) is 0 Å². The van der Waals surface area contributed by atoms with Gasteiger partial charge in [0.05, 0.1) is 18.2 Å². The van der Waals surface area contributed by atoms with Crippen molar-refractivity contribution in [2.75, 3.05) is 7.11 Å². The molecule has 0 aliphatic rings. The Morgan fingerprint density at radius 3 is 2.41 bits per heavy atom. The normalized spacial score (nSPS) is 11.4. The summed E-state index contributed by atoms with van der Waals surface area (Å²) >= 11 is 2.96. The van der Waals surface area contributed by atoms with Gasteiger partial charge in [0, 0.05) is 4.47 Å². The molecular weight excluding hydrogens is 301 g/mol. The molecule has 0 N–H and O–H groups in total. The number of benzene rings is 1. The molecule has 0 unspecified atom stereocenters. The third-order valence-electron chi connectivity index (χ3n) is 2.28. The van der Waals surface area contributed by atoms with Crippen LogP contribution in [-0.4, -0.2) is 13.1 Å². The average molecular weight is 311 g/mol. The molecule has 2 nitrogen and oxygen atoms in total. The van der Waals surface area contributed by atoms with Gasteiger partial charge in [-0.1, -0.05) is 22.9 Å². The first-order valence-corrected chi connectivity index (χ1v) is 5.58. The van der Waals surface area contributed by atoms with Crippen LogP contribution < -0.4 is 0 Å². The second-order valence-corrected chi connectivity index (χ2v) is 4.24. The SMILES string of the molecule is CCc1c(C(=O)OC)cc(Br)cc1C(F)(F)F. The van der Waals surface area contributed by atoms with E-state index in [0.29, 0.717) is 0 Å². The Labute approximate surface area is 105 Å². The largest absolute Gasteiger partial charge is 0.465 e. The number of methoxy groups -OCH3 is 1. The molecule has 94 valence electrons. The summed E-state index contributed by atoms with van der Waals surface area (Å²) in [5.74, 6) is -0.770. The third kappa shape index (κ3) is 3.00. The molecule has 0 fully saturated rings. The van der Waals surface area contributed by atoms with Crippen LogP contribution in [0.25, 0.3) is 0 Å². The maximum atomic E-state index is 12.8. The van der Waals surface area contributed by atoms with E-state index in [-0.39, 0.29) is 22.0 Å². The van der Waals surface area contributed by atoms with Crippen molar-refractivity contribution in [1.29, 1.82) is 0 Å². The lowest BCUT2D eigenvalue weighted by Gasteiger charge is -2.15. The number of esters is 1. The van der Waals surface area contributed by atoms with Crippen molar-refractivity contribution >= 4 is 21.9 Å². The van der Waals surface area contributed by atoms with Crippen LogP contribution in [0, 0.1) is 0 Å². The van der Waals surface area contributed by atoms with Crippen molar-refractivity contribution in [3.05, 3.63) is 33.3 Å². The van der Waals surface area contributed by atoms with Crippen molar-refractivity contribution < 1.29 is 22.7 Å². The number of alkyl halides is 3. The molecule has 0 radical (unpaired) electrons. The van der Waals surface area contributed by atoms with Gasteiger partial charge in [0.25, 0.3) is 0 Å². The molecule has 1 aromatic carbocycles. The topological polar surface area (TPSA) is 26.3 Å². The number of carbonyl (C=O) groups is 1. The minimum atomic E-state index is -4.49. The monoisotopic (exact) mass is 310 g/mol. The molecule has 0 bridgehead atoms.